The minimum absolute atomic E-state index is 0.0609. The summed E-state index contributed by atoms with van der Waals surface area (Å²) in [6, 6.07) is 8.91. The van der Waals surface area contributed by atoms with Crippen molar-refractivity contribution in [2.45, 2.75) is 57.9 Å². The van der Waals surface area contributed by atoms with Crippen molar-refractivity contribution in [3.63, 3.8) is 0 Å². The highest BCUT2D eigenvalue weighted by Crippen LogP contribution is 2.29. The van der Waals surface area contributed by atoms with Gasteiger partial charge in [0.25, 0.3) is 5.56 Å². The Morgan fingerprint density at radius 3 is 2.57 bits per heavy atom. The van der Waals surface area contributed by atoms with Crippen LogP contribution in [0.2, 0.25) is 0 Å². The number of aromatic nitrogens is 2. The largest absolute Gasteiger partial charge is 0.494 e. The maximum Gasteiger partial charge on any atom is 0.269 e. The van der Waals surface area contributed by atoms with E-state index in [1.54, 1.807) is 7.05 Å². The van der Waals surface area contributed by atoms with Gasteiger partial charge in [-0.1, -0.05) is 0 Å². The first kappa shape index (κ1) is 19.2. The molecular weight excluding hydrogens is 350 g/mol. The van der Waals surface area contributed by atoms with E-state index in [1.807, 2.05) is 12.1 Å². The van der Waals surface area contributed by atoms with Crippen molar-refractivity contribution >= 4 is 0 Å². The van der Waals surface area contributed by atoms with Gasteiger partial charge in [-0.2, -0.15) is 5.10 Å². The van der Waals surface area contributed by atoms with Gasteiger partial charge in [0.2, 0.25) is 0 Å². The van der Waals surface area contributed by atoms with E-state index >= 15 is 0 Å². The van der Waals surface area contributed by atoms with Gasteiger partial charge in [0, 0.05) is 30.8 Å². The minimum Gasteiger partial charge on any atom is -0.494 e. The Labute approximate surface area is 167 Å². The Hall–Kier alpha value is -2.14. The zero-order valence-corrected chi connectivity index (χ0v) is 17.1. The van der Waals surface area contributed by atoms with Crippen LogP contribution in [-0.4, -0.2) is 40.4 Å². The molecule has 2 aromatic rings. The predicted molar refractivity (Wildman–Crippen MR) is 112 cm³/mol. The Kier molecular flexibility index (Phi) is 5.81. The third-order valence-corrected chi connectivity index (χ3v) is 6.23. The number of hydrogen-bond acceptors (Lipinski definition) is 4. The molecule has 0 amide bonds. The summed E-state index contributed by atoms with van der Waals surface area (Å²) < 4.78 is 7.43. The van der Waals surface area contributed by atoms with E-state index in [0.717, 1.165) is 79.4 Å². The fraction of sp³-hybridized carbons (Fsp3) is 0.565. The molecule has 1 unspecified atom stereocenters. The molecular formula is C23H31N3O2. The summed E-state index contributed by atoms with van der Waals surface area (Å²) in [5.41, 5.74) is 4.17. The number of rotatable bonds is 6. The first-order chi connectivity index (χ1) is 13.6. The Bertz CT molecular complexity index is 873. The van der Waals surface area contributed by atoms with Gasteiger partial charge in [0.1, 0.15) is 5.75 Å². The molecule has 5 heteroatoms. The van der Waals surface area contributed by atoms with Crippen molar-refractivity contribution < 1.29 is 4.74 Å². The second-order valence-corrected chi connectivity index (χ2v) is 8.20. The van der Waals surface area contributed by atoms with Crippen LogP contribution in [0.15, 0.2) is 29.1 Å². The molecule has 2 heterocycles. The lowest BCUT2D eigenvalue weighted by Gasteiger charge is -2.20. The monoisotopic (exact) mass is 381 g/mol. The van der Waals surface area contributed by atoms with Crippen LogP contribution < -0.4 is 10.3 Å². The van der Waals surface area contributed by atoms with Gasteiger partial charge in [0.05, 0.1) is 12.3 Å². The molecule has 1 saturated heterocycles. The maximum absolute atomic E-state index is 12.4. The highest BCUT2D eigenvalue weighted by atomic mass is 16.5. The van der Waals surface area contributed by atoms with Crippen LogP contribution in [0.25, 0.3) is 11.3 Å². The summed E-state index contributed by atoms with van der Waals surface area (Å²) in [5.74, 6) is 0.900. The van der Waals surface area contributed by atoms with Gasteiger partial charge in [-0.15, -0.1) is 0 Å². The van der Waals surface area contributed by atoms with Crippen LogP contribution in [0.3, 0.4) is 0 Å². The third-order valence-electron chi connectivity index (χ3n) is 6.23. The minimum atomic E-state index is 0.0609. The van der Waals surface area contributed by atoms with E-state index in [1.165, 1.54) is 24.1 Å². The molecule has 0 saturated carbocycles. The summed E-state index contributed by atoms with van der Waals surface area (Å²) in [5, 5.41) is 4.57. The molecule has 1 atom stereocenters. The Morgan fingerprint density at radius 2 is 1.86 bits per heavy atom. The Balaban J connectivity index is 1.41. The smallest absolute Gasteiger partial charge is 0.269 e. The molecule has 1 aromatic heterocycles. The maximum atomic E-state index is 12.4. The van der Waals surface area contributed by atoms with Crippen LogP contribution >= 0.6 is 0 Å². The predicted octanol–water partition coefficient (Wildman–Crippen LogP) is 3.58. The molecule has 0 bridgehead atoms. The molecule has 4 rings (SSSR count). The number of hydrogen-bond donors (Lipinski definition) is 0. The fourth-order valence-electron chi connectivity index (χ4n) is 4.58. The highest BCUT2D eigenvalue weighted by Gasteiger charge is 2.21. The molecule has 150 valence electrons. The first-order valence-electron chi connectivity index (χ1n) is 10.7. The molecule has 1 aromatic carbocycles. The second kappa shape index (κ2) is 8.48. The van der Waals surface area contributed by atoms with Crippen LogP contribution in [0.1, 0.15) is 50.2 Å². The topological polar surface area (TPSA) is 47.4 Å². The molecule has 1 aliphatic carbocycles. The average Bonchev–Trinajstić information content (AvgIpc) is 3.13. The number of nitrogens with zero attached hydrogens (tertiary/aromatic N) is 3. The lowest BCUT2D eigenvalue weighted by molar-refractivity contribution is 0.230. The van der Waals surface area contributed by atoms with Crippen molar-refractivity contribution in [1.82, 2.24) is 14.7 Å². The number of ether oxygens (including phenoxy) is 1. The Morgan fingerprint density at radius 1 is 1.11 bits per heavy atom. The van der Waals surface area contributed by atoms with Gasteiger partial charge >= 0.3 is 0 Å². The molecule has 1 aliphatic heterocycles. The first-order valence-corrected chi connectivity index (χ1v) is 10.7. The van der Waals surface area contributed by atoms with E-state index < -0.39 is 0 Å². The summed E-state index contributed by atoms with van der Waals surface area (Å²) in [7, 11) is 1.75. The third kappa shape index (κ3) is 4.00. The van der Waals surface area contributed by atoms with Crippen molar-refractivity contribution in [2.75, 3.05) is 19.7 Å². The van der Waals surface area contributed by atoms with Crippen molar-refractivity contribution in [1.29, 1.82) is 0 Å². The number of likely N-dealkylation sites (tertiary alicyclic amines) is 1. The SMILES string of the molecule is CC1CCCN1CCCOc1ccc(-c2nn(C)c(=O)c3c2CCCC3)cc1. The van der Waals surface area contributed by atoms with Gasteiger partial charge in [-0.05, 0) is 88.2 Å². The van der Waals surface area contributed by atoms with Gasteiger partial charge in [-0.3, -0.25) is 4.79 Å². The summed E-state index contributed by atoms with van der Waals surface area (Å²) in [6.07, 6.45) is 7.75. The summed E-state index contributed by atoms with van der Waals surface area (Å²) in [6.45, 7) is 5.41. The quantitative estimate of drug-likeness (QED) is 0.718. The molecule has 2 aliphatic rings. The van der Waals surface area contributed by atoms with Crippen LogP contribution in [0.5, 0.6) is 5.75 Å². The van der Waals surface area contributed by atoms with Crippen LogP contribution in [0.4, 0.5) is 0 Å². The normalized spacial score (nSPS) is 19.6. The van der Waals surface area contributed by atoms with Gasteiger partial charge in [0.15, 0.2) is 0 Å². The molecule has 5 nitrogen and oxygen atoms in total. The van der Waals surface area contributed by atoms with Gasteiger partial charge in [-0.25, -0.2) is 4.68 Å². The number of aryl methyl sites for hydroxylation is 1. The molecule has 1 fully saturated rings. The molecule has 0 N–H and O–H groups in total. The van der Waals surface area contributed by atoms with E-state index in [4.69, 9.17) is 4.74 Å². The zero-order chi connectivity index (χ0) is 19.5. The van der Waals surface area contributed by atoms with Crippen molar-refractivity contribution in [3.05, 3.63) is 45.7 Å². The summed E-state index contributed by atoms with van der Waals surface area (Å²) in [4.78, 5) is 14.9. The molecule has 0 radical (unpaired) electrons. The van der Waals surface area contributed by atoms with Crippen LogP contribution in [-0.2, 0) is 19.9 Å². The van der Waals surface area contributed by atoms with E-state index in [-0.39, 0.29) is 5.56 Å². The highest BCUT2D eigenvalue weighted by molar-refractivity contribution is 5.65. The lowest BCUT2D eigenvalue weighted by atomic mass is 9.90. The van der Waals surface area contributed by atoms with Crippen molar-refractivity contribution in [2.24, 2.45) is 7.05 Å². The number of benzene rings is 1. The average molecular weight is 382 g/mol. The summed E-state index contributed by atoms with van der Waals surface area (Å²) >= 11 is 0. The van der Waals surface area contributed by atoms with Gasteiger partial charge < -0.3 is 9.64 Å². The lowest BCUT2D eigenvalue weighted by Crippen LogP contribution is -2.28. The standard InChI is InChI=1S/C23H31N3O2/c1-17-7-5-14-26(17)15-6-16-28-19-12-10-18(11-13-19)22-20-8-3-4-9-21(20)23(27)25(2)24-22/h10-13,17H,3-9,14-16H2,1-2H3. The second-order valence-electron chi connectivity index (χ2n) is 8.20. The van der Waals surface area contributed by atoms with E-state index in [2.05, 4.69) is 29.1 Å². The molecule has 0 spiro atoms. The fourth-order valence-corrected chi connectivity index (χ4v) is 4.58. The van der Waals surface area contributed by atoms with E-state index in [0.29, 0.717) is 0 Å². The van der Waals surface area contributed by atoms with E-state index in [9.17, 15) is 4.79 Å². The zero-order valence-electron chi connectivity index (χ0n) is 17.1. The van der Waals surface area contributed by atoms with Crippen molar-refractivity contribution in [3.8, 4) is 17.0 Å². The molecule has 28 heavy (non-hydrogen) atoms. The van der Waals surface area contributed by atoms with Crippen LogP contribution in [0, 0.1) is 0 Å². The number of fused-ring (bicyclic) bond motifs is 1.